The summed E-state index contributed by atoms with van der Waals surface area (Å²) in [4.78, 5) is 42.5. The number of amides is 1. The number of nitrogens with zero attached hydrogens (tertiary/aromatic N) is 3. The maximum Gasteiger partial charge on any atom is 0.328 e. The van der Waals surface area contributed by atoms with Crippen molar-refractivity contribution in [2.24, 2.45) is 5.41 Å². The van der Waals surface area contributed by atoms with Crippen molar-refractivity contribution in [2.45, 2.75) is 45.7 Å². The molecule has 2 aliphatic heterocycles. The molecule has 7 nitrogen and oxygen atoms in total. The van der Waals surface area contributed by atoms with Gasteiger partial charge in [0.15, 0.2) is 0 Å². The number of benzene rings is 1. The molecule has 0 aliphatic carbocycles. The van der Waals surface area contributed by atoms with E-state index in [0.29, 0.717) is 0 Å². The summed E-state index contributed by atoms with van der Waals surface area (Å²) in [5.74, 6) is 0.0841. The number of aryl methyl sites for hydroxylation is 2. The van der Waals surface area contributed by atoms with Crippen molar-refractivity contribution in [3.63, 3.8) is 0 Å². The summed E-state index contributed by atoms with van der Waals surface area (Å²) >= 11 is 0. The summed E-state index contributed by atoms with van der Waals surface area (Å²) < 4.78 is 1.38. The molecule has 0 radical (unpaired) electrons. The van der Waals surface area contributed by atoms with Crippen molar-refractivity contribution < 1.29 is 4.79 Å². The Morgan fingerprint density at radius 2 is 2.00 bits per heavy atom. The number of nitrogens with one attached hydrogen (secondary N) is 1. The minimum atomic E-state index is -0.465. The van der Waals surface area contributed by atoms with E-state index in [0.717, 1.165) is 39.1 Å². The third-order valence-electron chi connectivity index (χ3n) is 6.48. The lowest BCUT2D eigenvalue weighted by molar-refractivity contribution is -0.131. The normalized spacial score (nSPS) is 22.0. The van der Waals surface area contributed by atoms with Crippen LogP contribution in [0, 0.1) is 12.3 Å². The molecule has 1 N–H and O–H groups in total. The quantitative estimate of drug-likeness (QED) is 0.815. The molecule has 1 atom stereocenters. The zero-order valence-electron chi connectivity index (χ0n) is 17.6. The fourth-order valence-corrected chi connectivity index (χ4v) is 4.99. The van der Waals surface area contributed by atoms with Crippen molar-refractivity contribution in [2.75, 3.05) is 26.2 Å². The van der Waals surface area contributed by atoms with Crippen LogP contribution in [-0.2, 0) is 17.9 Å². The summed E-state index contributed by atoms with van der Waals surface area (Å²) in [7, 11) is 0. The first kappa shape index (κ1) is 20.6. The van der Waals surface area contributed by atoms with Gasteiger partial charge in [-0.25, -0.2) is 4.79 Å². The van der Waals surface area contributed by atoms with Crippen molar-refractivity contribution in [3.05, 3.63) is 68.5 Å². The van der Waals surface area contributed by atoms with Crippen molar-refractivity contribution in [3.8, 4) is 0 Å². The number of aromatic amines is 1. The molecule has 7 heteroatoms. The summed E-state index contributed by atoms with van der Waals surface area (Å²) in [6.45, 7) is 7.12. The molecule has 2 fully saturated rings. The fraction of sp³-hybridized carbons (Fsp3) is 0.522. The van der Waals surface area contributed by atoms with Gasteiger partial charge in [-0.3, -0.25) is 19.5 Å². The number of likely N-dealkylation sites (tertiary alicyclic amines) is 2. The van der Waals surface area contributed by atoms with E-state index in [1.54, 1.807) is 0 Å². The number of H-pyrrole nitrogens is 1. The number of hydrogen-bond donors (Lipinski definition) is 1. The Bertz CT molecular complexity index is 1030. The Kier molecular flexibility index (Phi) is 5.90. The number of carbonyl (C=O) groups is 1. The van der Waals surface area contributed by atoms with E-state index in [1.807, 2.05) is 4.90 Å². The number of aromatic nitrogens is 2. The van der Waals surface area contributed by atoms with E-state index in [1.165, 1.54) is 40.8 Å². The highest BCUT2D eigenvalue weighted by molar-refractivity contribution is 5.76. The third-order valence-corrected chi connectivity index (χ3v) is 6.48. The van der Waals surface area contributed by atoms with Crippen LogP contribution in [0.5, 0.6) is 0 Å². The first-order chi connectivity index (χ1) is 14.4. The molecule has 2 saturated heterocycles. The predicted octanol–water partition coefficient (Wildman–Crippen LogP) is 1.75. The van der Waals surface area contributed by atoms with E-state index in [9.17, 15) is 14.4 Å². The van der Waals surface area contributed by atoms with E-state index in [-0.39, 0.29) is 24.3 Å². The Morgan fingerprint density at radius 3 is 2.80 bits per heavy atom. The van der Waals surface area contributed by atoms with Crippen molar-refractivity contribution in [1.29, 1.82) is 0 Å². The molecule has 4 rings (SSSR count). The average molecular weight is 411 g/mol. The number of hydrogen-bond acceptors (Lipinski definition) is 4. The van der Waals surface area contributed by atoms with Crippen LogP contribution in [0.1, 0.15) is 36.8 Å². The van der Waals surface area contributed by atoms with Gasteiger partial charge in [0, 0.05) is 56.8 Å². The molecular weight excluding hydrogens is 380 g/mol. The first-order valence-corrected chi connectivity index (χ1v) is 10.8. The number of rotatable bonds is 5. The molecule has 2 aromatic rings. The van der Waals surface area contributed by atoms with Gasteiger partial charge in [0.25, 0.3) is 5.56 Å². The van der Waals surface area contributed by atoms with Crippen LogP contribution in [0.25, 0.3) is 0 Å². The molecule has 1 amide bonds. The van der Waals surface area contributed by atoms with Gasteiger partial charge in [-0.1, -0.05) is 29.8 Å². The highest BCUT2D eigenvalue weighted by Gasteiger charge is 2.42. The molecule has 0 saturated carbocycles. The summed E-state index contributed by atoms with van der Waals surface area (Å²) in [6, 6.07) is 10.0. The highest BCUT2D eigenvalue weighted by atomic mass is 16.2. The van der Waals surface area contributed by atoms with Crippen LogP contribution >= 0.6 is 0 Å². The summed E-state index contributed by atoms with van der Waals surface area (Å²) in [5, 5.41) is 0. The molecule has 160 valence electrons. The molecular formula is C23H30N4O3. The van der Waals surface area contributed by atoms with Crippen LogP contribution < -0.4 is 11.2 Å². The molecule has 1 aromatic heterocycles. The lowest BCUT2D eigenvalue weighted by atomic mass is 9.79. The lowest BCUT2D eigenvalue weighted by Crippen LogP contribution is -2.45. The van der Waals surface area contributed by atoms with E-state index >= 15 is 0 Å². The van der Waals surface area contributed by atoms with E-state index in [4.69, 9.17) is 0 Å². The van der Waals surface area contributed by atoms with Gasteiger partial charge in [0.05, 0.1) is 0 Å². The zero-order valence-corrected chi connectivity index (χ0v) is 17.6. The van der Waals surface area contributed by atoms with Gasteiger partial charge in [-0.05, 0) is 38.3 Å². The molecule has 3 heterocycles. The summed E-state index contributed by atoms with van der Waals surface area (Å²) in [5.41, 5.74) is 1.94. The van der Waals surface area contributed by atoms with Crippen molar-refractivity contribution >= 4 is 5.91 Å². The largest absolute Gasteiger partial charge is 0.342 e. The standard InChI is InChI=1S/C23H30N4O3/c1-18-4-2-5-19(14-18)15-25-10-3-8-23(16-25)9-13-27(17-23)21(29)7-12-26-11-6-20(28)24-22(26)30/h2,4-6,11,14H,3,7-10,12-13,15-17H2,1H3,(H,24,28,30)/t23-/m1/s1. The number of carbonyl (C=O) groups excluding carboxylic acids is 1. The minimum absolute atomic E-state index is 0.0841. The van der Waals surface area contributed by atoms with Gasteiger partial charge in [-0.2, -0.15) is 0 Å². The molecule has 1 aromatic carbocycles. The second-order valence-electron chi connectivity index (χ2n) is 8.92. The summed E-state index contributed by atoms with van der Waals surface area (Å²) in [6.07, 6.45) is 5.10. The predicted molar refractivity (Wildman–Crippen MR) is 115 cm³/mol. The van der Waals surface area contributed by atoms with Gasteiger partial charge in [-0.15, -0.1) is 0 Å². The Balaban J connectivity index is 1.33. The monoisotopic (exact) mass is 410 g/mol. The Morgan fingerprint density at radius 1 is 1.13 bits per heavy atom. The second kappa shape index (κ2) is 8.60. The first-order valence-electron chi connectivity index (χ1n) is 10.8. The van der Waals surface area contributed by atoms with Crippen molar-refractivity contribution in [1.82, 2.24) is 19.4 Å². The van der Waals surface area contributed by atoms with Gasteiger partial charge < -0.3 is 9.47 Å². The lowest BCUT2D eigenvalue weighted by Gasteiger charge is -2.40. The second-order valence-corrected chi connectivity index (χ2v) is 8.92. The smallest absolute Gasteiger partial charge is 0.328 e. The topological polar surface area (TPSA) is 78.4 Å². The number of piperidine rings is 1. The van der Waals surface area contributed by atoms with Crippen LogP contribution in [0.2, 0.25) is 0 Å². The Hall–Kier alpha value is -2.67. The van der Waals surface area contributed by atoms with Crippen LogP contribution in [0.3, 0.4) is 0 Å². The Labute approximate surface area is 176 Å². The van der Waals surface area contributed by atoms with Crippen LogP contribution in [0.4, 0.5) is 0 Å². The minimum Gasteiger partial charge on any atom is -0.342 e. The molecule has 0 unspecified atom stereocenters. The highest BCUT2D eigenvalue weighted by Crippen LogP contribution is 2.39. The maximum atomic E-state index is 12.8. The van der Waals surface area contributed by atoms with E-state index in [2.05, 4.69) is 41.1 Å². The van der Waals surface area contributed by atoms with Gasteiger partial charge >= 0.3 is 5.69 Å². The van der Waals surface area contributed by atoms with Gasteiger partial charge in [0.1, 0.15) is 0 Å². The molecule has 2 aliphatic rings. The molecule has 0 bridgehead atoms. The van der Waals surface area contributed by atoms with E-state index < -0.39 is 11.2 Å². The SMILES string of the molecule is Cc1cccc(CN2CCC[C@@]3(CCN(C(=O)CCn4ccc(=O)[nH]c4=O)C3)C2)c1. The maximum absolute atomic E-state index is 12.8. The van der Waals surface area contributed by atoms with Crippen LogP contribution in [-0.4, -0.2) is 51.4 Å². The van der Waals surface area contributed by atoms with Crippen LogP contribution in [0.15, 0.2) is 46.1 Å². The third kappa shape index (κ3) is 4.73. The molecule has 30 heavy (non-hydrogen) atoms. The zero-order chi connectivity index (χ0) is 21.1. The molecule has 1 spiro atoms. The average Bonchev–Trinajstić information content (AvgIpc) is 3.10. The van der Waals surface area contributed by atoms with Gasteiger partial charge in [0.2, 0.25) is 5.91 Å². The fourth-order valence-electron chi connectivity index (χ4n) is 4.99.